The Hall–Kier alpha value is -2.14. The summed E-state index contributed by atoms with van der Waals surface area (Å²) in [6.07, 6.45) is 1.63. The summed E-state index contributed by atoms with van der Waals surface area (Å²) in [4.78, 5) is 21.3. The van der Waals surface area contributed by atoms with Crippen LogP contribution in [0.2, 0.25) is 0 Å². The number of aromatic nitrogens is 1. The molecule has 1 aromatic carbocycles. The maximum absolute atomic E-state index is 12.9. The van der Waals surface area contributed by atoms with Gasteiger partial charge >= 0.3 is 0 Å². The highest BCUT2D eigenvalue weighted by Gasteiger charge is 2.33. The predicted molar refractivity (Wildman–Crippen MR) is 86.2 cm³/mol. The zero-order valence-electron chi connectivity index (χ0n) is 13.2. The molecular weight excluding hydrogens is 278 g/mol. The van der Waals surface area contributed by atoms with E-state index in [9.17, 15) is 4.79 Å². The van der Waals surface area contributed by atoms with Gasteiger partial charge in [-0.2, -0.15) is 0 Å². The average Bonchev–Trinajstić information content (AvgIpc) is 2.48. The molecule has 1 aliphatic heterocycles. The standard InChI is InChI=1S/C17H21N3O2/c1-19(2)9-12-10-20(11-12)17(21)16-13-6-4-5-7-14(13)18-8-15(16)22-3/h4-8,12H,9-11H2,1-3H3. The fourth-order valence-electron chi connectivity index (χ4n) is 3.02. The van der Waals surface area contributed by atoms with Crippen molar-refractivity contribution in [3.05, 3.63) is 36.0 Å². The lowest BCUT2D eigenvalue weighted by Gasteiger charge is -2.40. The summed E-state index contributed by atoms with van der Waals surface area (Å²) in [5.74, 6) is 1.13. The Morgan fingerprint density at radius 2 is 2.09 bits per heavy atom. The first-order valence-electron chi connectivity index (χ1n) is 7.46. The lowest BCUT2D eigenvalue weighted by molar-refractivity contribution is 0.0449. The van der Waals surface area contributed by atoms with Crippen LogP contribution >= 0.6 is 0 Å². The monoisotopic (exact) mass is 299 g/mol. The quantitative estimate of drug-likeness (QED) is 0.865. The van der Waals surface area contributed by atoms with Crippen LogP contribution in [0.4, 0.5) is 0 Å². The highest BCUT2D eigenvalue weighted by molar-refractivity contribution is 6.08. The number of ether oxygens (including phenoxy) is 1. The van der Waals surface area contributed by atoms with Crippen LogP contribution in [0.3, 0.4) is 0 Å². The van der Waals surface area contributed by atoms with Crippen molar-refractivity contribution >= 4 is 16.8 Å². The summed E-state index contributed by atoms with van der Waals surface area (Å²) in [6.45, 7) is 2.62. The second-order valence-corrected chi connectivity index (χ2v) is 6.06. The molecule has 5 nitrogen and oxygen atoms in total. The highest BCUT2D eigenvalue weighted by Crippen LogP contribution is 2.29. The van der Waals surface area contributed by atoms with Gasteiger partial charge in [-0.3, -0.25) is 9.78 Å². The molecule has 1 saturated heterocycles. The normalized spacial score (nSPS) is 15.2. The van der Waals surface area contributed by atoms with Gasteiger partial charge in [0.15, 0.2) is 5.75 Å². The topological polar surface area (TPSA) is 45.7 Å². The largest absolute Gasteiger partial charge is 0.494 e. The number of pyridine rings is 1. The van der Waals surface area contributed by atoms with Crippen molar-refractivity contribution in [2.45, 2.75) is 0 Å². The maximum atomic E-state index is 12.9. The fraction of sp³-hybridized carbons (Fsp3) is 0.412. The molecule has 3 rings (SSSR count). The molecule has 1 fully saturated rings. The maximum Gasteiger partial charge on any atom is 0.258 e. The molecule has 0 unspecified atom stereocenters. The van der Waals surface area contributed by atoms with Crippen LogP contribution in [0.5, 0.6) is 5.75 Å². The van der Waals surface area contributed by atoms with E-state index >= 15 is 0 Å². The van der Waals surface area contributed by atoms with E-state index in [1.54, 1.807) is 13.3 Å². The number of hydrogen-bond acceptors (Lipinski definition) is 4. The number of carbonyl (C=O) groups excluding carboxylic acids is 1. The molecule has 1 amide bonds. The first kappa shape index (κ1) is 14.8. The summed E-state index contributed by atoms with van der Waals surface area (Å²) in [5, 5.41) is 0.850. The van der Waals surface area contributed by atoms with Crippen LogP contribution < -0.4 is 4.74 Å². The van der Waals surface area contributed by atoms with Crippen LogP contribution in [0.1, 0.15) is 10.4 Å². The van der Waals surface area contributed by atoms with Crippen molar-refractivity contribution in [2.24, 2.45) is 5.92 Å². The molecule has 0 spiro atoms. The molecule has 0 bridgehead atoms. The molecule has 0 aliphatic carbocycles. The van der Waals surface area contributed by atoms with Crippen LogP contribution in [-0.2, 0) is 0 Å². The average molecular weight is 299 g/mol. The molecule has 116 valence electrons. The van der Waals surface area contributed by atoms with Gasteiger partial charge in [0, 0.05) is 30.9 Å². The van der Waals surface area contributed by atoms with Crippen LogP contribution in [0.25, 0.3) is 10.9 Å². The summed E-state index contributed by atoms with van der Waals surface area (Å²) in [6, 6.07) is 7.68. The van der Waals surface area contributed by atoms with E-state index in [-0.39, 0.29) is 5.91 Å². The van der Waals surface area contributed by atoms with Gasteiger partial charge in [0.25, 0.3) is 5.91 Å². The van der Waals surface area contributed by atoms with Gasteiger partial charge in [-0.05, 0) is 20.2 Å². The smallest absolute Gasteiger partial charge is 0.258 e. The van der Waals surface area contributed by atoms with Crippen molar-refractivity contribution in [1.82, 2.24) is 14.8 Å². The highest BCUT2D eigenvalue weighted by atomic mass is 16.5. The number of hydrogen-bond donors (Lipinski definition) is 0. The SMILES string of the molecule is COc1cnc2ccccc2c1C(=O)N1CC(CN(C)C)C1. The molecule has 2 aromatic rings. The fourth-order valence-corrected chi connectivity index (χ4v) is 3.02. The van der Waals surface area contributed by atoms with Crippen LogP contribution in [0, 0.1) is 5.92 Å². The minimum Gasteiger partial charge on any atom is -0.494 e. The number of methoxy groups -OCH3 is 1. The van der Waals surface area contributed by atoms with Crippen molar-refractivity contribution in [3.8, 4) is 5.75 Å². The lowest BCUT2D eigenvalue weighted by atomic mass is 9.97. The molecule has 22 heavy (non-hydrogen) atoms. The Bertz CT molecular complexity index is 693. The van der Waals surface area contributed by atoms with E-state index in [1.165, 1.54) is 0 Å². The van der Waals surface area contributed by atoms with E-state index in [1.807, 2.05) is 29.2 Å². The van der Waals surface area contributed by atoms with E-state index in [0.717, 1.165) is 30.5 Å². The molecule has 0 saturated carbocycles. The van der Waals surface area contributed by atoms with Gasteiger partial charge in [-0.25, -0.2) is 0 Å². The Morgan fingerprint density at radius 3 is 2.77 bits per heavy atom. The van der Waals surface area contributed by atoms with Crippen LogP contribution in [0.15, 0.2) is 30.5 Å². The summed E-state index contributed by atoms with van der Waals surface area (Å²) < 4.78 is 5.37. The molecule has 5 heteroatoms. The van der Waals surface area contributed by atoms with Crippen molar-refractivity contribution < 1.29 is 9.53 Å². The zero-order valence-corrected chi connectivity index (χ0v) is 13.2. The molecule has 1 aliphatic rings. The Balaban J connectivity index is 1.88. The predicted octanol–water partition coefficient (Wildman–Crippen LogP) is 1.88. The third kappa shape index (κ3) is 2.64. The second kappa shape index (κ2) is 5.93. The number of benzene rings is 1. The molecule has 0 radical (unpaired) electrons. The minimum atomic E-state index is 0.0328. The summed E-state index contributed by atoms with van der Waals surface area (Å²) in [7, 11) is 5.70. The van der Waals surface area contributed by atoms with Crippen molar-refractivity contribution in [1.29, 1.82) is 0 Å². The number of likely N-dealkylation sites (tertiary alicyclic amines) is 1. The Kier molecular flexibility index (Phi) is 3.98. The number of fused-ring (bicyclic) bond motifs is 1. The van der Waals surface area contributed by atoms with E-state index < -0.39 is 0 Å². The Morgan fingerprint density at radius 1 is 1.36 bits per heavy atom. The van der Waals surface area contributed by atoms with E-state index in [2.05, 4.69) is 24.0 Å². The van der Waals surface area contributed by atoms with Gasteiger partial charge in [0.2, 0.25) is 0 Å². The van der Waals surface area contributed by atoms with Gasteiger partial charge < -0.3 is 14.5 Å². The van der Waals surface area contributed by atoms with Gasteiger partial charge in [-0.1, -0.05) is 18.2 Å². The zero-order chi connectivity index (χ0) is 15.7. The number of para-hydroxylation sites is 1. The lowest BCUT2D eigenvalue weighted by Crippen LogP contribution is -2.53. The minimum absolute atomic E-state index is 0.0328. The number of carbonyl (C=O) groups is 1. The Labute approximate surface area is 130 Å². The second-order valence-electron chi connectivity index (χ2n) is 6.06. The summed E-state index contributed by atoms with van der Waals surface area (Å²) >= 11 is 0. The molecule has 0 atom stereocenters. The molecular formula is C17H21N3O2. The first-order valence-corrected chi connectivity index (χ1v) is 7.46. The number of rotatable bonds is 4. The van der Waals surface area contributed by atoms with Gasteiger partial charge in [-0.15, -0.1) is 0 Å². The third-order valence-electron chi connectivity index (χ3n) is 4.04. The molecule has 0 N–H and O–H groups in total. The van der Waals surface area contributed by atoms with Gasteiger partial charge in [0.1, 0.15) is 0 Å². The van der Waals surface area contributed by atoms with E-state index in [0.29, 0.717) is 17.2 Å². The van der Waals surface area contributed by atoms with Crippen molar-refractivity contribution in [2.75, 3.05) is 40.8 Å². The van der Waals surface area contributed by atoms with Gasteiger partial charge in [0.05, 0.1) is 24.4 Å². The summed E-state index contributed by atoms with van der Waals surface area (Å²) in [5.41, 5.74) is 1.44. The first-order chi connectivity index (χ1) is 10.6. The molecule has 1 aromatic heterocycles. The van der Waals surface area contributed by atoms with Crippen LogP contribution in [-0.4, -0.2) is 61.5 Å². The third-order valence-corrected chi connectivity index (χ3v) is 4.04. The number of amides is 1. The van der Waals surface area contributed by atoms with E-state index in [4.69, 9.17) is 4.74 Å². The van der Waals surface area contributed by atoms with Crippen molar-refractivity contribution in [3.63, 3.8) is 0 Å². The number of nitrogens with zero attached hydrogens (tertiary/aromatic N) is 3. The molecule has 2 heterocycles.